The molecule has 0 bridgehead atoms. The maximum atomic E-state index is 13.7. The van der Waals surface area contributed by atoms with E-state index in [1.54, 1.807) is 26.4 Å². The predicted molar refractivity (Wildman–Crippen MR) is 88.4 cm³/mol. The Labute approximate surface area is 140 Å². The highest BCUT2D eigenvalue weighted by Crippen LogP contribution is 2.30. The number of methoxy groups -OCH3 is 3. The molecule has 2 rings (SSSR count). The SMILES string of the molecule is COc1ccc(C(=O)NC(C)c2ccc(OC)c(OC)c2)cc1F. The Morgan fingerprint density at radius 2 is 1.58 bits per heavy atom. The molecule has 0 heterocycles. The summed E-state index contributed by atoms with van der Waals surface area (Å²) in [4.78, 5) is 12.3. The zero-order chi connectivity index (χ0) is 17.7. The minimum Gasteiger partial charge on any atom is -0.494 e. The highest BCUT2D eigenvalue weighted by Gasteiger charge is 2.15. The first-order chi connectivity index (χ1) is 11.5. The number of rotatable bonds is 6. The van der Waals surface area contributed by atoms with Gasteiger partial charge in [0, 0.05) is 5.56 Å². The van der Waals surface area contributed by atoms with Crippen molar-refractivity contribution in [3.8, 4) is 17.2 Å². The van der Waals surface area contributed by atoms with Crippen molar-refractivity contribution in [3.05, 3.63) is 53.3 Å². The van der Waals surface area contributed by atoms with Gasteiger partial charge in [-0.25, -0.2) is 4.39 Å². The number of benzene rings is 2. The van der Waals surface area contributed by atoms with Gasteiger partial charge in [-0.1, -0.05) is 6.07 Å². The monoisotopic (exact) mass is 333 g/mol. The Balaban J connectivity index is 2.15. The summed E-state index contributed by atoms with van der Waals surface area (Å²) in [6, 6.07) is 9.19. The van der Waals surface area contributed by atoms with Crippen molar-refractivity contribution in [1.29, 1.82) is 0 Å². The molecule has 1 atom stereocenters. The summed E-state index contributed by atoms with van der Waals surface area (Å²) in [6.07, 6.45) is 0. The van der Waals surface area contributed by atoms with Crippen LogP contribution in [0.5, 0.6) is 17.2 Å². The van der Waals surface area contributed by atoms with Crippen LogP contribution < -0.4 is 19.5 Å². The second kappa shape index (κ2) is 7.68. The highest BCUT2D eigenvalue weighted by atomic mass is 19.1. The van der Waals surface area contributed by atoms with E-state index >= 15 is 0 Å². The van der Waals surface area contributed by atoms with Crippen LogP contribution in [-0.4, -0.2) is 27.2 Å². The molecule has 6 heteroatoms. The molecule has 0 saturated heterocycles. The fourth-order valence-corrected chi connectivity index (χ4v) is 2.29. The summed E-state index contributed by atoms with van der Waals surface area (Å²) in [6.45, 7) is 1.83. The third-order valence-electron chi connectivity index (χ3n) is 3.67. The van der Waals surface area contributed by atoms with Crippen LogP contribution in [-0.2, 0) is 0 Å². The van der Waals surface area contributed by atoms with Crippen molar-refractivity contribution < 1.29 is 23.4 Å². The van der Waals surface area contributed by atoms with Crippen molar-refractivity contribution in [3.63, 3.8) is 0 Å². The molecule has 0 fully saturated rings. The van der Waals surface area contributed by atoms with Gasteiger partial charge in [0.2, 0.25) is 0 Å². The Kier molecular flexibility index (Phi) is 5.63. The number of hydrogen-bond acceptors (Lipinski definition) is 4. The molecule has 24 heavy (non-hydrogen) atoms. The molecule has 0 aliphatic carbocycles. The van der Waals surface area contributed by atoms with Gasteiger partial charge in [0.15, 0.2) is 23.1 Å². The van der Waals surface area contributed by atoms with Crippen LogP contribution in [0.15, 0.2) is 36.4 Å². The summed E-state index contributed by atoms with van der Waals surface area (Å²) in [5.41, 5.74) is 1.07. The van der Waals surface area contributed by atoms with Gasteiger partial charge in [-0.3, -0.25) is 4.79 Å². The lowest BCUT2D eigenvalue weighted by molar-refractivity contribution is 0.0939. The number of carbonyl (C=O) groups is 1. The Bertz CT molecular complexity index is 733. The molecule has 1 amide bonds. The second-order valence-corrected chi connectivity index (χ2v) is 5.16. The van der Waals surface area contributed by atoms with Gasteiger partial charge in [-0.15, -0.1) is 0 Å². The molecule has 0 aromatic heterocycles. The highest BCUT2D eigenvalue weighted by molar-refractivity contribution is 5.94. The summed E-state index contributed by atoms with van der Waals surface area (Å²) in [7, 11) is 4.48. The van der Waals surface area contributed by atoms with Crippen LogP contribution in [0, 0.1) is 5.82 Å². The number of amides is 1. The Morgan fingerprint density at radius 1 is 0.958 bits per heavy atom. The maximum absolute atomic E-state index is 13.7. The summed E-state index contributed by atoms with van der Waals surface area (Å²) >= 11 is 0. The number of nitrogens with one attached hydrogen (secondary N) is 1. The van der Waals surface area contributed by atoms with Crippen molar-refractivity contribution >= 4 is 5.91 Å². The quantitative estimate of drug-likeness (QED) is 0.881. The zero-order valence-corrected chi connectivity index (χ0v) is 14.1. The van der Waals surface area contributed by atoms with Gasteiger partial charge in [0.1, 0.15) is 0 Å². The van der Waals surface area contributed by atoms with E-state index < -0.39 is 5.82 Å². The average Bonchev–Trinajstić information content (AvgIpc) is 2.60. The fraction of sp³-hybridized carbons (Fsp3) is 0.278. The largest absolute Gasteiger partial charge is 0.494 e. The Hall–Kier alpha value is -2.76. The Morgan fingerprint density at radius 3 is 2.17 bits per heavy atom. The lowest BCUT2D eigenvalue weighted by Crippen LogP contribution is -2.26. The van der Waals surface area contributed by atoms with Crippen LogP contribution in [0.3, 0.4) is 0 Å². The van der Waals surface area contributed by atoms with Crippen LogP contribution in [0.25, 0.3) is 0 Å². The first-order valence-corrected chi connectivity index (χ1v) is 7.36. The normalized spacial score (nSPS) is 11.5. The smallest absolute Gasteiger partial charge is 0.251 e. The maximum Gasteiger partial charge on any atom is 0.251 e. The first kappa shape index (κ1) is 17.6. The lowest BCUT2D eigenvalue weighted by Gasteiger charge is -2.17. The van der Waals surface area contributed by atoms with Gasteiger partial charge in [-0.2, -0.15) is 0 Å². The average molecular weight is 333 g/mol. The van der Waals surface area contributed by atoms with Crippen molar-refractivity contribution in [2.24, 2.45) is 0 Å². The number of halogens is 1. The number of carbonyl (C=O) groups excluding carboxylic acids is 1. The molecule has 0 spiro atoms. The van der Waals surface area contributed by atoms with Gasteiger partial charge < -0.3 is 19.5 Å². The van der Waals surface area contributed by atoms with Gasteiger partial charge >= 0.3 is 0 Å². The third-order valence-corrected chi connectivity index (χ3v) is 3.67. The van der Waals surface area contributed by atoms with Gasteiger partial charge in [0.05, 0.1) is 27.4 Å². The molecule has 2 aromatic rings. The van der Waals surface area contributed by atoms with E-state index in [0.717, 1.165) is 11.6 Å². The van der Waals surface area contributed by atoms with Crippen LogP contribution in [0.4, 0.5) is 4.39 Å². The van der Waals surface area contributed by atoms with Crippen molar-refractivity contribution in [1.82, 2.24) is 5.32 Å². The fourth-order valence-electron chi connectivity index (χ4n) is 2.29. The molecule has 0 saturated carbocycles. The van der Waals surface area contributed by atoms with Gasteiger partial charge in [0.25, 0.3) is 5.91 Å². The summed E-state index contributed by atoms with van der Waals surface area (Å²) < 4.78 is 29.0. The van der Waals surface area contributed by atoms with E-state index in [1.807, 2.05) is 13.0 Å². The molecule has 2 aromatic carbocycles. The standard InChI is InChI=1S/C18H20FNO4/c1-11(12-5-8-16(23-3)17(10-12)24-4)20-18(21)13-6-7-15(22-2)14(19)9-13/h5-11H,1-4H3,(H,20,21). The topological polar surface area (TPSA) is 56.8 Å². The number of ether oxygens (including phenoxy) is 3. The van der Waals surface area contributed by atoms with E-state index in [0.29, 0.717) is 11.5 Å². The van der Waals surface area contributed by atoms with E-state index in [1.165, 1.54) is 19.2 Å². The zero-order valence-electron chi connectivity index (χ0n) is 14.1. The molecule has 0 radical (unpaired) electrons. The minimum atomic E-state index is -0.580. The lowest BCUT2D eigenvalue weighted by atomic mass is 10.1. The molecule has 5 nitrogen and oxygen atoms in total. The molecule has 128 valence electrons. The minimum absolute atomic E-state index is 0.0967. The van der Waals surface area contributed by atoms with E-state index in [2.05, 4.69) is 5.32 Å². The predicted octanol–water partition coefficient (Wildman–Crippen LogP) is 3.34. The molecular weight excluding hydrogens is 313 g/mol. The molecule has 0 aliphatic heterocycles. The van der Waals surface area contributed by atoms with E-state index in [9.17, 15) is 9.18 Å². The van der Waals surface area contributed by atoms with Crippen molar-refractivity contribution in [2.45, 2.75) is 13.0 Å². The first-order valence-electron chi connectivity index (χ1n) is 7.36. The molecule has 1 N–H and O–H groups in total. The van der Waals surface area contributed by atoms with Crippen LogP contribution in [0.1, 0.15) is 28.9 Å². The molecule has 0 aliphatic rings. The summed E-state index contributed by atoms with van der Waals surface area (Å²) in [5, 5.41) is 2.82. The third kappa shape index (κ3) is 3.76. The van der Waals surface area contributed by atoms with Crippen LogP contribution in [0.2, 0.25) is 0 Å². The van der Waals surface area contributed by atoms with Crippen LogP contribution >= 0.6 is 0 Å². The van der Waals surface area contributed by atoms with E-state index in [4.69, 9.17) is 14.2 Å². The molecule has 1 unspecified atom stereocenters. The second-order valence-electron chi connectivity index (χ2n) is 5.16. The van der Waals surface area contributed by atoms with Gasteiger partial charge in [-0.05, 0) is 42.8 Å². The molecular formula is C18H20FNO4. The van der Waals surface area contributed by atoms with Crippen molar-refractivity contribution in [2.75, 3.05) is 21.3 Å². The summed E-state index contributed by atoms with van der Waals surface area (Å²) in [5.74, 6) is 0.325. The number of hydrogen-bond donors (Lipinski definition) is 1. The van der Waals surface area contributed by atoms with E-state index in [-0.39, 0.29) is 23.3 Å².